The van der Waals surface area contributed by atoms with Gasteiger partial charge in [0.25, 0.3) is 0 Å². The van der Waals surface area contributed by atoms with Crippen LogP contribution in [-0.2, 0) is 16.0 Å². The van der Waals surface area contributed by atoms with Crippen molar-refractivity contribution in [3.8, 4) is 5.75 Å². The van der Waals surface area contributed by atoms with Crippen LogP contribution in [0, 0.1) is 5.92 Å². The van der Waals surface area contributed by atoms with Gasteiger partial charge in [0, 0.05) is 12.1 Å². The van der Waals surface area contributed by atoms with Crippen LogP contribution < -0.4 is 4.74 Å². The Bertz CT molecular complexity index is 682. The van der Waals surface area contributed by atoms with Crippen molar-refractivity contribution in [1.82, 2.24) is 4.90 Å². The van der Waals surface area contributed by atoms with Gasteiger partial charge in [-0.3, -0.25) is 4.90 Å². The van der Waals surface area contributed by atoms with Gasteiger partial charge in [-0.25, -0.2) is 9.59 Å². The van der Waals surface area contributed by atoms with Gasteiger partial charge in [0.15, 0.2) is 0 Å². The number of hydrogen-bond acceptors (Lipinski definition) is 4. The quantitative estimate of drug-likeness (QED) is 0.710. The van der Waals surface area contributed by atoms with Crippen molar-refractivity contribution in [3.05, 3.63) is 42.0 Å². The summed E-state index contributed by atoms with van der Waals surface area (Å²) in [5.74, 6) is -2.09. The van der Waals surface area contributed by atoms with Crippen molar-refractivity contribution in [1.29, 1.82) is 0 Å². The number of benzene rings is 1. The van der Waals surface area contributed by atoms with E-state index in [2.05, 4.69) is 23.6 Å². The van der Waals surface area contributed by atoms with Gasteiger partial charge in [-0.05, 0) is 56.0 Å². The lowest BCUT2D eigenvalue weighted by Crippen LogP contribution is -2.36. The first kappa shape index (κ1) is 23.5. The van der Waals surface area contributed by atoms with Crippen molar-refractivity contribution in [2.24, 2.45) is 5.92 Å². The Kier molecular flexibility index (Phi) is 8.98. The molecule has 2 rings (SSSR count). The summed E-state index contributed by atoms with van der Waals surface area (Å²) in [4.78, 5) is 21.9. The molecule has 0 aromatic heterocycles. The Balaban J connectivity index is 0.000000480. The van der Waals surface area contributed by atoms with Gasteiger partial charge in [0.2, 0.25) is 0 Å². The molecule has 2 N–H and O–H groups in total. The first-order chi connectivity index (χ1) is 13.0. The van der Waals surface area contributed by atoms with Crippen molar-refractivity contribution in [2.45, 2.75) is 25.4 Å². The molecule has 0 saturated carbocycles. The Morgan fingerprint density at radius 3 is 2.29 bits per heavy atom. The number of likely N-dealkylation sites (tertiary alicyclic amines) is 1. The Hall–Kier alpha value is -2.55. The maximum atomic E-state index is 10.8. The van der Waals surface area contributed by atoms with E-state index in [0.717, 1.165) is 38.1 Å². The molecule has 9 heteroatoms. The molecule has 0 aliphatic carbocycles. The molecule has 6 nitrogen and oxygen atoms in total. The van der Waals surface area contributed by atoms with Gasteiger partial charge in [-0.1, -0.05) is 18.7 Å². The third-order valence-electron chi connectivity index (χ3n) is 4.33. The number of alkyl halides is 3. The number of piperidine rings is 1. The molecule has 1 heterocycles. The van der Waals surface area contributed by atoms with Gasteiger partial charge in [-0.15, -0.1) is 0 Å². The highest BCUT2D eigenvalue weighted by atomic mass is 19.4. The lowest BCUT2D eigenvalue weighted by molar-refractivity contribution is -0.192. The molecule has 0 unspecified atom stereocenters. The highest BCUT2D eigenvalue weighted by Crippen LogP contribution is 2.24. The minimum atomic E-state index is -5.08. The molecule has 0 spiro atoms. The summed E-state index contributed by atoms with van der Waals surface area (Å²) in [5.41, 5.74) is 1.59. The first-order valence-electron chi connectivity index (χ1n) is 8.59. The van der Waals surface area contributed by atoms with Gasteiger partial charge in [-0.2, -0.15) is 13.2 Å². The number of carboxylic acids is 2. The Morgan fingerprint density at radius 2 is 1.82 bits per heavy atom. The summed E-state index contributed by atoms with van der Waals surface area (Å²) in [6.45, 7) is 5.96. The van der Waals surface area contributed by atoms with E-state index in [-0.39, 0.29) is 5.57 Å². The average Bonchev–Trinajstić information content (AvgIpc) is 2.63. The number of ether oxygens (including phenoxy) is 1. The van der Waals surface area contributed by atoms with Crippen LogP contribution in [0.25, 0.3) is 0 Å². The molecular weight excluding hydrogens is 379 g/mol. The Labute approximate surface area is 161 Å². The van der Waals surface area contributed by atoms with Crippen LogP contribution in [0.2, 0.25) is 0 Å². The minimum Gasteiger partial charge on any atom is -0.497 e. The van der Waals surface area contributed by atoms with Crippen LogP contribution in [0.4, 0.5) is 13.2 Å². The predicted molar refractivity (Wildman–Crippen MR) is 96.3 cm³/mol. The number of nitrogens with zero attached hydrogens (tertiary/aromatic N) is 1. The van der Waals surface area contributed by atoms with Gasteiger partial charge in [0.05, 0.1) is 7.11 Å². The van der Waals surface area contributed by atoms with Gasteiger partial charge in [0.1, 0.15) is 5.75 Å². The fourth-order valence-electron chi connectivity index (χ4n) is 2.82. The second kappa shape index (κ2) is 10.7. The van der Waals surface area contributed by atoms with Crippen molar-refractivity contribution >= 4 is 11.9 Å². The van der Waals surface area contributed by atoms with E-state index in [0.29, 0.717) is 12.5 Å². The fourth-order valence-corrected chi connectivity index (χ4v) is 2.82. The molecule has 156 valence electrons. The second-order valence-corrected chi connectivity index (χ2v) is 6.49. The van der Waals surface area contributed by atoms with Crippen LogP contribution in [-0.4, -0.2) is 60.0 Å². The molecule has 1 aliphatic heterocycles. The van der Waals surface area contributed by atoms with Gasteiger partial charge < -0.3 is 14.9 Å². The number of rotatable bonds is 6. The molecule has 0 atom stereocenters. The summed E-state index contributed by atoms with van der Waals surface area (Å²) < 4.78 is 37.0. The number of carbonyl (C=O) groups is 2. The van der Waals surface area contributed by atoms with E-state index < -0.39 is 18.1 Å². The highest BCUT2D eigenvalue weighted by molar-refractivity contribution is 5.86. The molecule has 0 amide bonds. The summed E-state index contributed by atoms with van der Waals surface area (Å²) in [5, 5.41) is 16.0. The summed E-state index contributed by atoms with van der Waals surface area (Å²) in [6.07, 6.45) is -1.82. The van der Waals surface area contributed by atoms with Crippen molar-refractivity contribution < 1.29 is 37.7 Å². The van der Waals surface area contributed by atoms with Crippen molar-refractivity contribution in [3.63, 3.8) is 0 Å². The number of methoxy groups -OCH3 is 1. The van der Waals surface area contributed by atoms with Gasteiger partial charge >= 0.3 is 18.1 Å². The second-order valence-electron chi connectivity index (χ2n) is 6.49. The zero-order valence-corrected chi connectivity index (χ0v) is 15.5. The molecule has 1 aliphatic rings. The zero-order valence-electron chi connectivity index (χ0n) is 15.5. The molecule has 1 aromatic rings. The molecule has 1 saturated heterocycles. The highest BCUT2D eigenvalue weighted by Gasteiger charge is 2.38. The van der Waals surface area contributed by atoms with Crippen LogP contribution in [0.15, 0.2) is 36.4 Å². The number of carboxylic acid groups (broad SMARTS) is 2. The lowest BCUT2D eigenvalue weighted by Gasteiger charge is -2.32. The summed E-state index contributed by atoms with van der Waals surface area (Å²) >= 11 is 0. The van der Waals surface area contributed by atoms with E-state index in [4.69, 9.17) is 19.7 Å². The maximum absolute atomic E-state index is 10.8. The van der Waals surface area contributed by atoms with E-state index in [1.54, 1.807) is 7.11 Å². The van der Waals surface area contributed by atoms with E-state index in [9.17, 15) is 18.0 Å². The molecule has 0 radical (unpaired) electrons. The van der Waals surface area contributed by atoms with E-state index >= 15 is 0 Å². The molecule has 1 aromatic carbocycles. The first-order valence-corrected chi connectivity index (χ1v) is 8.59. The van der Waals surface area contributed by atoms with Crippen LogP contribution in [0.1, 0.15) is 18.4 Å². The fraction of sp³-hybridized carbons (Fsp3) is 0.474. The molecular formula is C19H24F3NO5. The largest absolute Gasteiger partial charge is 0.497 e. The van der Waals surface area contributed by atoms with E-state index in [1.807, 2.05) is 12.1 Å². The zero-order chi connectivity index (χ0) is 21.3. The molecule has 28 heavy (non-hydrogen) atoms. The standard InChI is InChI=1S/C17H23NO3.C2HF3O2/c1-13(17(19)20)12-18-8-6-14(7-9-18)10-15-4-3-5-16(11-15)21-2;3-2(4,5)1(6)7/h3-5,11,14H,1,6-10,12H2,2H3,(H,19,20);(H,6,7). The molecule has 1 fully saturated rings. The smallest absolute Gasteiger partial charge is 0.490 e. The predicted octanol–water partition coefficient (Wildman–Crippen LogP) is 3.22. The maximum Gasteiger partial charge on any atom is 0.490 e. The van der Waals surface area contributed by atoms with Crippen LogP contribution >= 0.6 is 0 Å². The topological polar surface area (TPSA) is 87.1 Å². The number of halogens is 3. The normalized spacial score (nSPS) is 15.3. The van der Waals surface area contributed by atoms with E-state index in [1.165, 1.54) is 5.56 Å². The van der Waals surface area contributed by atoms with Crippen molar-refractivity contribution in [2.75, 3.05) is 26.7 Å². The third kappa shape index (κ3) is 8.43. The minimum absolute atomic E-state index is 0.279. The monoisotopic (exact) mass is 403 g/mol. The number of aliphatic carboxylic acids is 2. The van der Waals surface area contributed by atoms with Crippen LogP contribution in [0.5, 0.6) is 5.75 Å². The summed E-state index contributed by atoms with van der Waals surface area (Å²) in [7, 11) is 1.69. The summed E-state index contributed by atoms with van der Waals surface area (Å²) in [6, 6.07) is 8.23. The number of hydrogen-bond donors (Lipinski definition) is 2. The molecule has 0 bridgehead atoms. The SMILES string of the molecule is C=C(CN1CCC(Cc2cccc(OC)c2)CC1)C(=O)O.O=C(O)C(F)(F)F. The average molecular weight is 403 g/mol. The Morgan fingerprint density at radius 1 is 1.25 bits per heavy atom. The third-order valence-corrected chi connectivity index (χ3v) is 4.33. The van der Waals surface area contributed by atoms with Crippen LogP contribution in [0.3, 0.4) is 0 Å². The lowest BCUT2D eigenvalue weighted by atomic mass is 9.90.